The van der Waals surface area contributed by atoms with Crippen LogP contribution in [0.3, 0.4) is 0 Å². The highest BCUT2D eigenvalue weighted by Crippen LogP contribution is 2.22. The van der Waals surface area contributed by atoms with Crippen molar-refractivity contribution in [2.24, 2.45) is 16.8 Å². The van der Waals surface area contributed by atoms with E-state index in [1.165, 1.54) is 30.8 Å². The number of hydrogen-bond donors (Lipinski definition) is 1. The lowest BCUT2D eigenvalue weighted by atomic mass is 10.0. The second-order valence-electron chi connectivity index (χ2n) is 5.54. The van der Waals surface area contributed by atoms with Crippen LogP contribution in [0, 0.1) is 11.8 Å². The summed E-state index contributed by atoms with van der Waals surface area (Å²) < 4.78 is 5.25. The summed E-state index contributed by atoms with van der Waals surface area (Å²) in [4.78, 5) is 6.81. The van der Waals surface area contributed by atoms with E-state index in [1.807, 2.05) is 7.05 Å². The number of nitrogens with zero attached hydrogens (tertiary/aromatic N) is 2. The van der Waals surface area contributed by atoms with Gasteiger partial charge in [0.05, 0.1) is 6.61 Å². The Morgan fingerprint density at radius 1 is 1.30 bits per heavy atom. The first-order valence-corrected chi connectivity index (χ1v) is 8.51. The highest BCUT2D eigenvalue weighted by Gasteiger charge is 2.25. The molecule has 0 aliphatic carbocycles. The Hall–Kier alpha value is 0.310. The Balaban J connectivity index is 0.00000200. The molecule has 4 nitrogen and oxygen atoms in total. The van der Waals surface area contributed by atoms with Gasteiger partial charge in [-0.05, 0) is 36.7 Å². The van der Waals surface area contributed by atoms with E-state index in [9.17, 15) is 0 Å². The molecule has 1 N–H and O–H groups in total. The summed E-state index contributed by atoms with van der Waals surface area (Å²) in [5.41, 5.74) is 0. The SMILES string of the molecule is CN=C(NCC1CCSCC1)N1CCC(COC)C1.I. The molecular formula is C14H28IN3OS. The number of hydrogen-bond acceptors (Lipinski definition) is 3. The molecule has 2 aliphatic rings. The molecule has 20 heavy (non-hydrogen) atoms. The van der Waals surface area contributed by atoms with E-state index in [4.69, 9.17) is 4.74 Å². The predicted molar refractivity (Wildman–Crippen MR) is 98.4 cm³/mol. The number of nitrogens with one attached hydrogen (secondary N) is 1. The molecule has 118 valence electrons. The van der Waals surface area contributed by atoms with Crippen LogP contribution in [0.25, 0.3) is 0 Å². The van der Waals surface area contributed by atoms with Crippen molar-refractivity contribution in [2.45, 2.75) is 19.3 Å². The number of methoxy groups -OCH3 is 1. The number of guanidine groups is 1. The second kappa shape index (κ2) is 10.1. The molecule has 1 atom stereocenters. The zero-order chi connectivity index (χ0) is 13.5. The van der Waals surface area contributed by atoms with Crippen LogP contribution in [0.5, 0.6) is 0 Å². The van der Waals surface area contributed by atoms with Crippen LogP contribution in [0.2, 0.25) is 0 Å². The van der Waals surface area contributed by atoms with Gasteiger partial charge in [-0.3, -0.25) is 4.99 Å². The molecule has 0 saturated carbocycles. The molecule has 6 heteroatoms. The molecule has 2 saturated heterocycles. The Morgan fingerprint density at radius 2 is 2.05 bits per heavy atom. The van der Waals surface area contributed by atoms with Crippen molar-refractivity contribution in [1.29, 1.82) is 0 Å². The summed E-state index contributed by atoms with van der Waals surface area (Å²) in [6.45, 7) is 4.13. The van der Waals surface area contributed by atoms with Crippen molar-refractivity contribution >= 4 is 41.7 Å². The van der Waals surface area contributed by atoms with Gasteiger partial charge in [0.25, 0.3) is 0 Å². The fraction of sp³-hybridized carbons (Fsp3) is 0.929. The lowest BCUT2D eigenvalue weighted by Gasteiger charge is -2.26. The van der Waals surface area contributed by atoms with Crippen LogP contribution in [0.4, 0.5) is 0 Å². The minimum absolute atomic E-state index is 0. The summed E-state index contributed by atoms with van der Waals surface area (Å²) in [6.07, 6.45) is 3.91. The van der Waals surface area contributed by atoms with Gasteiger partial charge >= 0.3 is 0 Å². The Labute approximate surface area is 144 Å². The van der Waals surface area contributed by atoms with Crippen LogP contribution in [0.1, 0.15) is 19.3 Å². The fourth-order valence-electron chi connectivity index (χ4n) is 2.92. The van der Waals surface area contributed by atoms with E-state index in [-0.39, 0.29) is 24.0 Å². The average Bonchev–Trinajstić information content (AvgIpc) is 2.90. The van der Waals surface area contributed by atoms with Crippen molar-refractivity contribution in [3.63, 3.8) is 0 Å². The van der Waals surface area contributed by atoms with E-state index >= 15 is 0 Å². The van der Waals surface area contributed by atoms with Gasteiger partial charge in [0.1, 0.15) is 0 Å². The quantitative estimate of drug-likeness (QED) is 0.436. The summed E-state index contributed by atoms with van der Waals surface area (Å²) in [5.74, 6) is 5.22. The van der Waals surface area contributed by atoms with E-state index in [2.05, 4.69) is 27.0 Å². The Morgan fingerprint density at radius 3 is 2.70 bits per heavy atom. The number of thioether (sulfide) groups is 1. The average molecular weight is 413 g/mol. The summed E-state index contributed by atoms with van der Waals surface area (Å²) in [5, 5.41) is 3.57. The van der Waals surface area contributed by atoms with Crippen LogP contribution in [0.15, 0.2) is 4.99 Å². The first-order chi connectivity index (χ1) is 9.33. The van der Waals surface area contributed by atoms with Crippen molar-refractivity contribution < 1.29 is 4.74 Å². The van der Waals surface area contributed by atoms with E-state index in [0.717, 1.165) is 38.1 Å². The zero-order valence-electron chi connectivity index (χ0n) is 12.6. The molecule has 0 aromatic rings. The minimum Gasteiger partial charge on any atom is -0.384 e. The molecule has 2 rings (SSSR count). The van der Waals surface area contributed by atoms with Crippen molar-refractivity contribution in [3.05, 3.63) is 0 Å². The fourth-order valence-corrected chi connectivity index (χ4v) is 4.12. The summed E-state index contributed by atoms with van der Waals surface area (Å²) >= 11 is 2.09. The number of ether oxygens (including phenoxy) is 1. The standard InChI is InChI=1S/C14H27N3OS.HI/c1-15-14(16-9-12-4-7-19-8-5-12)17-6-3-13(10-17)11-18-2;/h12-13H,3-11H2,1-2H3,(H,15,16);1H. The maximum atomic E-state index is 5.25. The highest BCUT2D eigenvalue weighted by molar-refractivity contribution is 14.0. The number of rotatable bonds is 4. The number of likely N-dealkylation sites (tertiary alicyclic amines) is 1. The Kier molecular flexibility index (Phi) is 9.28. The van der Waals surface area contributed by atoms with E-state index < -0.39 is 0 Å². The Bertz CT molecular complexity index is 298. The molecule has 0 aromatic carbocycles. The molecular weight excluding hydrogens is 385 g/mol. The first-order valence-electron chi connectivity index (χ1n) is 7.35. The molecule has 0 spiro atoms. The van der Waals surface area contributed by atoms with Crippen LogP contribution < -0.4 is 5.32 Å². The largest absolute Gasteiger partial charge is 0.384 e. The van der Waals surface area contributed by atoms with Crippen LogP contribution >= 0.6 is 35.7 Å². The van der Waals surface area contributed by atoms with Gasteiger partial charge in [0.15, 0.2) is 5.96 Å². The van der Waals surface area contributed by atoms with Gasteiger partial charge in [-0.15, -0.1) is 24.0 Å². The molecule has 0 bridgehead atoms. The van der Waals surface area contributed by atoms with Gasteiger partial charge in [-0.1, -0.05) is 0 Å². The predicted octanol–water partition coefficient (Wildman–Crippen LogP) is 2.29. The molecule has 1 unspecified atom stereocenters. The molecule has 2 heterocycles. The van der Waals surface area contributed by atoms with Crippen molar-refractivity contribution in [2.75, 3.05) is 51.9 Å². The number of halogens is 1. The zero-order valence-corrected chi connectivity index (χ0v) is 15.8. The smallest absolute Gasteiger partial charge is 0.193 e. The highest BCUT2D eigenvalue weighted by atomic mass is 127. The van der Waals surface area contributed by atoms with E-state index in [1.54, 1.807) is 7.11 Å². The monoisotopic (exact) mass is 413 g/mol. The van der Waals surface area contributed by atoms with Gasteiger partial charge in [0, 0.05) is 39.7 Å². The first kappa shape index (κ1) is 18.4. The molecule has 2 aliphatic heterocycles. The van der Waals surface area contributed by atoms with Gasteiger partial charge in [-0.25, -0.2) is 0 Å². The van der Waals surface area contributed by atoms with Crippen LogP contribution in [-0.4, -0.2) is 62.8 Å². The third-order valence-electron chi connectivity index (χ3n) is 4.09. The maximum absolute atomic E-state index is 5.25. The van der Waals surface area contributed by atoms with Crippen molar-refractivity contribution in [1.82, 2.24) is 10.2 Å². The van der Waals surface area contributed by atoms with Gasteiger partial charge < -0.3 is 15.0 Å². The third kappa shape index (κ3) is 5.60. The topological polar surface area (TPSA) is 36.9 Å². The van der Waals surface area contributed by atoms with Gasteiger partial charge in [-0.2, -0.15) is 11.8 Å². The minimum atomic E-state index is 0. The second-order valence-corrected chi connectivity index (χ2v) is 6.76. The molecule has 2 fully saturated rings. The van der Waals surface area contributed by atoms with Crippen LogP contribution in [-0.2, 0) is 4.74 Å². The molecule has 0 amide bonds. The lowest BCUT2D eigenvalue weighted by molar-refractivity contribution is 0.157. The van der Waals surface area contributed by atoms with Crippen molar-refractivity contribution in [3.8, 4) is 0 Å². The summed E-state index contributed by atoms with van der Waals surface area (Å²) in [7, 11) is 3.68. The lowest BCUT2D eigenvalue weighted by Crippen LogP contribution is -2.42. The van der Waals surface area contributed by atoms with Gasteiger partial charge in [0.2, 0.25) is 0 Å². The maximum Gasteiger partial charge on any atom is 0.193 e. The molecule has 0 radical (unpaired) electrons. The normalized spacial score (nSPS) is 24.6. The summed E-state index contributed by atoms with van der Waals surface area (Å²) in [6, 6.07) is 0. The number of aliphatic imine (C=N–C) groups is 1. The third-order valence-corrected chi connectivity index (χ3v) is 5.14. The van der Waals surface area contributed by atoms with E-state index in [0.29, 0.717) is 5.92 Å². The molecule has 0 aromatic heterocycles.